The maximum absolute atomic E-state index is 15.3. The van der Waals surface area contributed by atoms with Gasteiger partial charge in [-0.2, -0.15) is 5.10 Å². The van der Waals surface area contributed by atoms with E-state index in [1.807, 2.05) is 93.2 Å². The van der Waals surface area contributed by atoms with Crippen LogP contribution in [0.2, 0.25) is 5.02 Å². The number of aliphatic imine (C=N–C) groups is 1. The van der Waals surface area contributed by atoms with Gasteiger partial charge in [-0.1, -0.05) is 61.8 Å². The highest BCUT2D eigenvalue weighted by Gasteiger charge is 2.43. The molecule has 1 saturated carbocycles. The number of β-amino-alcohol motifs (C(OH)–C–C–N with tert-alkyl or cyclic N) is 1. The van der Waals surface area contributed by atoms with Gasteiger partial charge in [0.1, 0.15) is 46.6 Å². The Labute approximate surface area is 435 Å². The van der Waals surface area contributed by atoms with Gasteiger partial charge in [-0.3, -0.25) is 28.6 Å². The van der Waals surface area contributed by atoms with Crippen molar-refractivity contribution in [3.8, 4) is 32.3 Å². The molecule has 1 saturated heterocycles. The summed E-state index contributed by atoms with van der Waals surface area (Å²) in [4.78, 5) is 55.3. The fourth-order valence-corrected chi connectivity index (χ4v) is 12.2. The number of benzene rings is 3. The minimum Gasteiger partial charge on any atom is -0.490 e. The number of aliphatic hydroxyl groups is 1. The number of halogens is 2. The van der Waals surface area contributed by atoms with Gasteiger partial charge < -0.3 is 25.4 Å². The highest BCUT2D eigenvalue weighted by Crippen LogP contribution is 2.40. The van der Waals surface area contributed by atoms with Crippen molar-refractivity contribution >= 4 is 57.7 Å². The molecule has 0 radical (unpaired) electrons. The highest BCUT2D eigenvalue weighted by atomic mass is 35.5. The SMILES string of the molecule is Cc1ncsc1-c1ccc([C@H](C)NC(=O)[C@@H]2C[C@@H](O)CN2C(=O)[C@@H](C(C)C)n2cc(-c3cc(F)cc(O[C@H]4C[C@H](NC(=O)C[C@@H]5N=C(c6ccc(Cl)cc6)c6c(sc(C)c6C)-n6c(C)nnc65)C4)c3)cn2)cc1. The maximum Gasteiger partial charge on any atom is 0.248 e. The van der Waals surface area contributed by atoms with Crippen LogP contribution in [0.1, 0.15) is 109 Å². The maximum atomic E-state index is 15.3. The van der Waals surface area contributed by atoms with Crippen LogP contribution in [-0.4, -0.2) is 93.8 Å². The molecule has 0 spiro atoms. The van der Waals surface area contributed by atoms with E-state index in [-0.39, 0.29) is 61.2 Å². The lowest BCUT2D eigenvalue weighted by atomic mass is 9.89. The highest BCUT2D eigenvalue weighted by molar-refractivity contribution is 7.15. The normalized spacial score (nSPS) is 20.1. The number of nitrogens with one attached hydrogen (secondary N) is 2. The summed E-state index contributed by atoms with van der Waals surface area (Å²) >= 11 is 9.50. The van der Waals surface area contributed by atoms with Crippen molar-refractivity contribution in [1.82, 2.24) is 45.1 Å². The fraction of sp³-hybridized carbons (Fsp3) is 0.370. The lowest BCUT2D eigenvalue weighted by Crippen LogP contribution is -2.49. The molecular formula is C54H56ClFN10O5S2. The monoisotopic (exact) mass is 1040 g/mol. The number of fused-ring (bicyclic) bond motifs is 3. The first kappa shape index (κ1) is 50.0. The Balaban J connectivity index is 0.774. The van der Waals surface area contributed by atoms with Crippen LogP contribution in [0, 0.1) is 39.4 Å². The number of carbonyl (C=O) groups excluding carboxylic acids is 3. The molecule has 6 heterocycles. The number of nitrogens with zero attached hydrogens (tertiary/aromatic N) is 8. The Morgan fingerprint density at radius 2 is 1.67 bits per heavy atom. The molecule has 7 aromatic rings. The Hall–Kier alpha value is -6.60. The third kappa shape index (κ3) is 10.1. The van der Waals surface area contributed by atoms with Crippen LogP contribution in [0.25, 0.3) is 26.6 Å². The second-order valence-electron chi connectivity index (χ2n) is 19.7. The van der Waals surface area contributed by atoms with E-state index in [9.17, 15) is 19.5 Å². The number of hydrogen-bond acceptors (Lipinski definition) is 12. The molecule has 2 fully saturated rings. The van der Waals surface area contributed by atoms with E-state index >= 15 is 4.39 Å². The van der Waals surface area contributed by atoms with Gasteiger partial charge in [0.15, 0.2) is 5.82 Å². The van der Waals surface area contributed by atoms with Gasteiger partial charge in [0, 0.05) is 70.7 Å². The van der Waals surface area contributed by atoms with Crippen molar-refractivity contribution in [2.45, 2.75) is 117 Å². The number of likely N-dealkylation sites (tertiary alicyclic amines) is 1. The number of aliphatic hydroxyl groups excluding tert-OH is 1. The average molecular weight is 1040 g/mol. The fourth-order valence-electron chi connectivity index (χ4n) is 10.1. The van der Waals surface area contributed by atoms with Crippen molar-refractivity contribution in [3.63, 3.8) is 0 Å². The number of thiophene rings is 1. The van der Waals surface area contributed by atoms with Gasteiger partial charge >= 0.3 is 0 Å². The van der Waals surface area contributed by atoms with E-state index < -0.39 is 30.0 Å². The topological polar surface area (TPSA) is 182 Å². The van der Waals surface area contributed by atoms with Gasteiger partial charge in [-0.15, -0.1) is 32.9 Å². The Kier molecular flexibility index (Phi) is 13.9. The second kappa shape index (κ2) is 20.4. The van der Waals surface area contributed by atoms with Gasteiger partial charge in [-0.05, 0) is 87.1 Å². The zero-order valence-corrected chi connectivity index (χ0v) is 43.9. The van der Waals surface area contributed by atoms with Crippen LogP contribution < -0.4 is 15.4 Å². The van der Waals surface area contributed by atoms with E-state index in [1.165, 1.54) is 17.0 Å². The van der Waals surface area contributed by atoms with Crippen LogP contribution >= 0.6 is 34.3 Å². The molecule has 10 rings (SSSR count). The lowest BCUT2D eigenvalue weighted by Gasteiger charge is -2.36. The van der Waals surface area contributed by atoms with E-state index in [0.717, 1.165) is 54.0 Å². The molecule has 3 amide bonds. The summed E-state index contributed by atoms with van der Waals surface area (Å²) in [5.41, 5.74) is 9.55. The third-order valence-electron chi connectivity index (χ3n) is 14.1. The third-order valence-corrected chi connectivity index (χ3v) is 16.5. The Morgan fingerprint density at radius 1 is 0.932 bits per heavy atom. The smallest absolute Gasteiger partial charge is 0.248 e. The molecule has 0 bridgehead atoms. The quantitative estimate of drug-likeness (QED) is 0.0956. The zero-order valence-electron chi connectivity index (χ0n) is 41.5. The summed E-state index contributed by atoms with van der Waals surface area (Å²) in [6.45, 7) is 13.7. The van der Waals surface area contributed by atoms with Gasteiger partial charge in [-0.25, -0.2) is 9.37 Å². The van der Waals surface area contributed by atoms with E-state index in [0.29, 0.717) is 46.4 Å². The van der Waals surface area contributed by atoms with Gasteiger partial charge in [0.05, 0.1) is 46.6 Å². The van der Waals surface area contributed by atoms with Crippen LogP contribution in [0.4, 0.5) is 4.39 Å². The first-order valence-electron chi connectivity index (χ1n) is 24.5. The Bertz CT molecular complexity index is 3250. The average Bonchev–Trinajstić information content (AvgIpc) is 4.19. The summed E-state index contributed by atoms with van der Waals surface area (Å²) in [7, 11) is 0. The predicted octanol–water partition coefficient (Wildman–Crippen LogP) is 9.39. The van der Waals surface area contributed by atoms with Crippen LogP contribution in [0.5, 0.6) is 5.75 Å². The predicted molar refractivity (Wildman–Crippen MR) is 280 cm³/mol. The van der Waals surface area contributed by atoms with Gasteiger partial charge in [0.25, 0.3) is 0 Å². The standard InChI is InChI=1S/C54H56ClFN10O5S2/c1-27(2)49(53(70)64-25-41(67)21-45(64)52(69)59-29(4)33-8-10-35(11-9-33)50-30(5)57-26-72-50)65-24-37(23-58-65)36-16-39(56)18-42(17-36)71-43-19-40(20-43)60-46(68)22-44-51-63-62-32(7)66(51)54-47(28(3)31(6)73-54)48(61-44)34-12-14-38(55)15-13-34/h8-18,23-24,26-27,29,40-41,43-45,49,67H,19-22,25H2,1-7H3,(H,59,69)(H,60,68)/t29-,40-,41+,43-,44-,45-,49+/m0/s1. The summed E-state index contributed by atoms with van der Waals surface area (Å²) in [6.07, 6.45) is 3.32. The molecule has 378 valence electrons. The first-order valence-corrected chi connectivity index (χ1v) is 26.5. The van der Waals surface area contributed by atoms with E-state index in [4.69, 9.17) is 21.3 Å². The number of hydrogen-bond donors (Lipinski definition) is 3. The molecule has 4 aromatic heterocycles. The van der Waals surface area contributed by atoms with Crippen molar-refractivity contribution in [3.05, 3.63) is 140 Å². The molecule has 19 heteroatoms. The van der Waals surface area contributed by atoms with Crippen molar-refractivity contribution in [2.24, 2.45) is 10.9 Å². The van der Waals surface area contributed by atoms with Crippen molar-refractivity contribution in [2.75, 3.05) is 6.54 Å². The molecule has 3 aromatic carbocycles. The van der Waals surface area contributed by atoms with Crippen molar-refractivity contribution in [1.29, 1.82) is 0 Å². The first-order chi connectivity index (χ1) is 35.0. The number of aromatic nitrogens is 6. The zero-order chi connectivity index (χ0) is 51.4. The molecule has 1 aliphatic carbocycles. The Morgan fingerprint density at radius 3 is 2.38 bits per heavy atom. The number of amides is 3. The van der Waals surface area contributed by atoms with Crippen LogP contribution in [0.15, 0.2) is 89.6 Å². The molecular weight excluding hydrogens is 987 g/mol. The van der Waals surface area contributed by atoms with Crippen LogP contribution in [-0.2, 0) is 14.4 Å². The minimum absolute atomic E-state index is 0.00256. The molecule has 73 heavy (non-hydrogen) atoms. The largest absolute Gasteiger partial charge is 0.490 e. The minimum atomic E-state index is -0.886. The summed E-state index contributed by atoms with van der Waals surface area (Å²) in [5, 5.41) is 32.1. The van der Waals surface area contributed by atoms with Crippen molar-refractivity contribution < 1.29 is 28.6 Å². The van der Waals surface area contributed by atoms with E-state index in [1.54, 1.807) is 45.8 Å². The summed E-state index contributed by atoms with van der Waals surface area (Å²) in [5.74, 6) is -0.0168. The number of rotatable bonds is 14. The summed E-state index contributed by atoms with van der Waals surface area (Å²) < 4.78 is 25.1. The molecule has 3 N–H and O–H groups in total. The molecule has 15 nitrogen and oxygen atoms in total. The lowest BCUT2D eigenvalue weighted by molar-refractivity contribution is -0.142. The number of ether oxygens (including phenoxy) is 1. The van der Waals surface area contributed by atoms with E-state index in [2.05, 4.69) is 44.8 Å². The molecule has 3 aliphatic rings. The second-order valence-corrected chi connectivity index (χ2v) is 22.2. The number of aryl methyl sites for hydroxylation is 3. The number of carbonyl (C=O) groups is 3. The molecule has 5 atom stereocenters. The molecule has 2 aliphatic heterocycles. The molecule has 0 unspecified atom stereocenters. The van der Waals surface area contributed by atoms with Gasteiger partial charge in [0.2, 0.25) is 17.7 Å². The number of thiazole rings is 1. The summed E-state index contributed by atoms with van der Waals surface area (Å²) in [6, 6.07) is 17.1. The van der Waals surface area contributed by atoms with Crippen LogP contribution in [0.3, 0.4) is 0 Å².